The standard InChI is InChI=1S/C27H27ClN4O4S/c1-27(2,3)19-12-8-17(9-13-19)24(34)29-20-14-10-18(11-15-20)25(35)31-32-26(37)30-23(33)16-36-22-7-5-4-6-21(22)28/h4-15H,16H2,1-3H3,(H,29,34)(H,31,35)(H2,30,32,33,37). The van der Waals surface area contributed by atoms with Crippen molar-refractivity contribution in [2.45, 2.75) is 26.2 Å². The fourth-order valence-corrected chi connectivity index (χ4v) is 3.47. The van der Waals surface area contributed by atoms with Crippen LogP contribution in [-0.4, -0.2) is 29.4 Å². The first-order valence-corrected chi connectivity index (χ1v) is 12.1. The lowest BCUT2D eigenvalue weighted by molar-refractivity contribution is -0.121. The maximum absolute atomic E-state index is 12.5. The summed E-state index contributed by atoms with van der Waals surface area (Å²) < 4.78 is 5.33. The first-order chi connectivity index (χ1) is 17.5. The van der Waals surface area contributed by atoms with Crippen LogP contribution >= 0.6 is 23.8 Å². The topological polar surface area (TPSA) is 109 Å². The summed E-state index contributed by atoms with van der Waals surface area (Å²) in [5.74, 6) is -0.900. The van der Waals surface area contributed by atoms with E-state index in [1.54, 1.807) is 60.7 Å². The minimum Gasteiger partial charge on any atom is -0.482 e. The summed E-state index contributed by atoms with van der Waals surface area (Å²) in [6.07, 6.45) is 0. The van der Waals surface area contributed by atoms with Crippen LogP contribution in [-0.2, 0) is 10.2 Å². The molecule has 0 aliphatic carbocycles. The number of nitrogens with one attached hydrogen (secondary N) is 4. The van der Waals surface area contributed by atoms with Crippen LogP contribution in [0.5, 0.6) is 5.75 Å². The van der Waals surface area contributed by atoms with E-state index >= 15 is 0 Å². The van der Waals surface area contributed by atoms with Crippen LogP contribution in [0.3, 0.4) is 0 Å². The lowest BCUT2D eigenvalue weighted by atomic mass is 9.87. The van der Waals surface area contributed by atoms with Crippen LogP contribution in [0, 0.1) is 0 Å². The minimum atomic E-state index is -0.528. The van der Waals surface area contributed by atoms with Crippen molar-refractivity contribution in [2.75, 3.05) is 11.9 Å². The molecule has 0 atom stereocenters. The second-order valence-electron chi connectivity index (χ2n) is 9.03. The monoisotopic (exact) mass is 538 g/mol. The predicted octanol–water partition coefficient (Wildman–Crippen LogP) is 4.60. The van der Waals surface area contributed by atoms with Gasteiger partial charge in [-0.1, -0.05) is 56.6 Å². The second-order valence-corrected chi connectivity index (χ2v) is 9.85. The molecule has 37 heavy (non-hydrogen) atoms. The zero-order chi connectivity index (χ0) is 27.0. The SMILES string of the molecule is CC(C)(C)c1ccc(C(=O)Nc2ccc(C(=O)NNC(=S)NC(=O)COc3ccccc3Cl)cc2)cc1. The van der Waals surface area contributed by atoms with Crippen LogP contribution in [0.4, 0.5) is 5.69 Å². The van der Waals surface area contributed by atoms with E-state index in [-0.39, 0.29) is 23.0 Å². The second kappa shape index (κ2) is 12.3. The van der Waals surface area contributed by atoms with E-state index in [2.05, 4.69) is 42.3 Å². The maximum Gasteiger partial charge on any atom is 0.269 e. The number of amides is 3. The van der Waals surface area contributed by atoms with Gasteiger partial charge >= 0.3 is 0 Å². The first kappa shape index (κ1) is 27.6. The Balaban J connectivity index is 1.44. The Hall–Kier alpha value is -3.95. The highest BCUT2D eigenvalue weighted by atomic mass is 35.5. The van der Waals surface area contributed by atoms with E-state index in [0.29, 0.717) is 27.6 Å². The maximum atomic E-state index is 12.5. The highest BCUT2D eigenvalue weighted by molar-refractivity contribution is 7.80. The van der Waals surface area contributed by atoms with Crippen LogP contribution in [0.25, 0.3) is 0 Å². The van der Waals surface area contributed by atoms with Crippen molar-refractivity contribution < 1.29 is 19.1 Å². The smallest absolute Gasteiger partial charge is 0.269 e. The van der Waals surface area contributed by atoms with Crippen LogP contribution in [0.1, 0.15) is 47.1 Å². The van der Waals surface area contributed by atoms with Crippen LogP contribution in [0.2, 0.25) is 5.02 Å². The molecule has 3 amide bonds. The largest absolute Gasteiger partial charge is 0.482 e. The van der Waals surface area contributed by atoms with Crippen molar-refractivity contribution in [3.8, 4) is 5.75 Å². The van der Waals surface area contributed by atoms with E-state index < -0.39 is 11.8 Å². The lowest BCUT2D eigenvalue weighted by Crippen LogP contribution is -2.49. The number of hydrogen-bond donors (Lipinski definition) is 4. The molecule has 0 saturated heterocycles. The van der Waals surface area contributed by atoms with Crippen molar-refractivity contribution in [1.29, 1.82) is 0 Å². The molecule has 0 spiro atoms. The van der Waals surface area contributed by atoms with Crippen molar-refractivity contribution in [2.24, 2.45) is 0 Å². The highest BCUT2D eigenvalue weighted by Crippen LogP contribution is 2.23. The van der Waals surface area contributed by atoms with Crippen LogP contribution < -0.4 is 26.2 Å². The highest BCUT2D eigenvalue weighted by Gasteiger charge is 2.15. The van der Waals surface area contributed by atoms with E-state index in [0.717, 1.165) is 5.56 Å². The van der Waals surface area contributed by atoms with Crippen molar-refractivity contribution >= 4 is 52.3 Å². The van der Waals surface area contributed by atoms with E-state index in [1.165, 1.54) is 0 Å². The summed E-state index contributed by atoms with van der Waals surface area (Å²) in [6.45, 7) is 6.01. The third-order valence-corrected chi connectivity index (χ3v) is 5.67. The fraction of sp³-hybridized carbons (Fsp3) is 0.185. The van der Waals surface area contributed by atoms with Gasteiger partial charge in [-0.05, 0) is 71.7 Å². The lowest BCUT2D eigenvalue weighted by Gasteiger charge is -2.19. The molecule has 4 N–H and O–H groups in total. The van der Waals surface area contributed by atoms with Crippen molar-refractivity contribution in [3.63, 3.8) is 0 Å². The van der Waals surface area contributed by atoms with Crippen molar-refractivity contribution in [1.82, 2.24) is 16.2 Å². The molecule has 10 heteroatoms. The summed E-state index contributed by atoms with van der Waals surface area (Å²) in [4.78, 5) is 36.9. The van der Waals surface area contributed by atoms with Gasteiger partial charge in [-0.3, -0.25) is 30.6 Å². The Bertz CT molecular complexity index is 1290. The normalized spacial score (nSPS) is 10.7. The third-order valence-electron chi connectivity index (χ3n) is 5.16. The molecule has 0 bridgehead atoms. The van der Waals surface area contributed by atoms with Gasteiger partial charge in [-0.15, -0.1) is 0 Å². The van der Waals surface area contributed by atoms with Gasteiger partial charge in [-0.2, -0.15) is 0 Å². The molecule has 3 aromatic rings. The molecule has 0 radical (unpaired) electrons. The van der Waals surface area contributed by atoms with Gasteiger partial charge in [0.15, 0.2) is 11.7 Å². The Morgan fingerprint density at radius 1 is 0.838 bits per heavy atom. The summed E-state index contributed by atoms with van der Waals surface area (Å²) in [5.41, 5.74) is 7.38. The molecule has 8 nitrogen and oxygen atoms in total. The van der Waals surface area contributed by atoms with E-state index in [4.69, 9.17) is 28.6 Å². The molecule has 0 unspecified atom stereocenters. The van der Waals surface area contributed by atoms with Gasteiger partial charge in [0.25, 0.3) is 17.7 Å². The zero-order valence-electron chi connectivity index (χ0n) is 20.6. The summed E-state index contributed by atoms with van der Waals surface area (Å²) in [6, 6.07) is 20.5. The van der Waals surface area contributed by atoms with Gasteiger partial charge in [0.05, 0.1) is 5.02 Å². The number of hydrogen-bond acceptors (Lipinski definition) is 5. The molecule has 0 fully saturated rings. The minimum absolute atomic E-state index is 0.00117. The number of para-hydroxylation sites is 1. The predicted molar refractivity (Wildman–Crippen MR) is 148 cm³/mol. The van der Waals surface area contributed by atoms with Crippen LogP contribution in [0.15, 0.2) is 72.8 Å². The average Bonchev–Trinajstić information content (AvgIpc) is 2.87. The van der Waals surface area contributed by atoms with Gasteiger partial charge in [0, 0.05) is 16.8 Å². The van der Waals surface area contributed by atoms with Gasteiger partial charge < -0.3 is 10.1 Å². The number of carbonyl (C=O) groups is 3. The number of thiocarbonyl (C=S) groups is 1. The molecule has 192 valence electrons. The molecular weight excluding hydrogens is 512 g/mol. The van der Waals surface area contributed by atoms with E-state index in [1.807, 2.05) is 12.1 Å². The summed E-state index contributed by atoms with van der Waals surface area (Å²) in [7, 11) is 0. The first-order valence-electron chi connectivity index (χ1n) is 11.3. The number of hydrazine groups is 1. The average molecular weight is 539 g/mol. The molecule has 0 saturated carbocycles. The number of benzene rings is 3. The quantitative estimate of drug-likeness (QED) is 0.270. The molecule has 0 aliphatic rings. The fourth-order valence-electron chi connectivity index (χ4n) is 3.11. The number of halogens is 1. The molecule has 0 heterocycles. The van der Waals surface area contributed by atoms with Crippen molar-refractivity contribution in [3.05, 3.63) is 94.5 Å². The Morgan fingerprint density at radius 3 is 2.05 bits per heavy atom. The number of anilines is 1. The third kappa shape index (κ3) is 8.30. The molecule has 3 rings (SSSR count). The summed E-state index contributed by atoms with van der Waals surface area (Å²) in [5, 5.41) is 5.46. The summed E-state index contributed by atoms with van der Waals surface area (Å²) >= 11 is 11.0. The molecular formula is C27H27ClN4O4S. The Labute approximate surface area is 225 Å². The molecule has 0 aliphatic heterocycles. The van der Waals surface area contributed by atoms with Gasteiger partial charge in [0.2, 0.25) is 0 Å². The molecule has 0 aromatic heterocycles. The number of ether oxygens (including phenoxy) is 1. The van der Waals surface area contributed by atoms with Gasteiger partial charge in [0.1, 0.15) is 5.75 Å². The van der Waals surface area contributed by atoms with Gasteiger partial charge in [-0.25, -0.2) is 0 Å². The number of rotatable bonds is 6. The van der Waals surface area contributed by atoms with E-state index in [9.17, 15) is 14.4 Å². The molecule has 3 aromatic carbocycles. The Morgan fingerprint density at radius 2 is 1.43 bits per heavy atom. The Kier molecular flexibility index (Phi) is 9.21. The number of carbonyl (C=O) groups excluding carboxylic acids is 3. The zero-order valence-corrected chi connectivity index (χ0v) is 22.1.